The first-order valence-electron chi connectivity index (χ1n) is 5.48. The highest BCUT2D eigenvalue weighted by Gasteiger charge is 2.17. The summed E-state index contributed by atoms with van der Waals surface area (Å²) in [5.74, 6) is 0.357. The molecule has 1 aliphatic heterocycles. The Hall–Kier alpha value is -1.06. The summed E-state index contributed by atoms with van der Waals surface area (Å²) in [5.41, 5.74) is 1.18. The molecule has 82 valence electrons. The summed E-state index contributed by atoms with van der Waals surface area (Å²) in [6, 6.07) is 8.09. The quantitative estimate of drug-likeness (QED) is 0.763. The lowest BCUT2D eigenvalue weighted by molar-refractivity contribution is 0.165. The number of nitrogens with one attached hydrogen (secondary N) is 1. The first-order chi connectivity index (χ1) is 7.25. The molecule has 0 bridgehead atoms. The lowest BCUT2D eigenvalue weighted by Gasteiger charge is -2.33. The first-order valence-corrected chi connectivity index (χ1v) is 5.48. The van der Waals surface area contributed by atoms with E-state index in [-0.39, 0.29) is 0 Å². The topological polar surface area (TPSA) is 35.5 Å². The van der Waals surface area contributed by atoms with E-state index in [2.05, 4.69) is 23.2 Å². The van der Waals surface area contributed by atoms with Gasteiger partial charge in [-0.3, -0.25) is 4.90 Å². The van der Waals surface area contributed by atoms with E-state index in [1.807, 2.05) is 12.1 Å². The maximum atomic E-state index is 9.38. The molecule has 3 nitrogen and oxygen atoms in total. The van der Waals surface area contributed by atoms with Crippen LogP contribution in [-0.2, 0) is 6.54 Å². The van der Waals surface area contributed by atoms with Gasteiger partial charge in [-0.05, 0) is 24.6 Å². The van der Waals surface area contributed by atoms with E-state index in [0.29, 0.717) is 11.8 Å². The number of hydrogen-bond acceptors (Lipinski definition) is 3. The molecule has 1 aromatic rings. The van der Waals surface area contributed by atoms with Gasteiger partial charge in [0.25, 0.3) is 0 Å². The van der Waals surface area contributed by atoms with Gasteiger partial charge in [-0.1, -0.05) is 12.1 Å². The Bertz CT molecular complexity index is 327. The van der Waals surface area contributed by atoms with Crippen molar-refractivity contribution in [2.24, 2.45) is 0 Å². The minimum Gasteiger partial charge on any atom is -0.508 e. The normalized spacial score (nSPS) is 22.9. The Morgan fingerprint density at radius 1 is 1.53 bits per heavy atom. The molecule has 0 saturated carbocycles. The molecule has 2 N–H and O–H groups in total. The molecule has 0 aromatic heterocycles. The van der Waals surface area contributed by atoms with Crippen molar-refractivity contribution in [3.63, 3.8) is 0 Å². The van der Waals surface area contributed by atoms with Gasteiger partial charge < -0.3 is 10.4 Å². The van der Waals surface area contributed by atoms with Crippen molar-refractivity contribution >= 4 is 0 Å². The summed E-state index contributed by atoms with van der Waals surface area (Å²) in [5, 5.41) is 12.7. The highest BCUT2D eigenvalue weighted by Crippen LogP contribution is 2.14. The maximum Gasteiger partial charge on any atom is 0.115 e. The number of aromatic hydroxyl groups is 1. The Morgan fingerprint density at radius 3 is 3.13 bits per heavy atom. The fourth-order valence-corrected chi connectivity index (χ4v) is 2.01. The first kappa shape index (κ1) is 10.5. The highest BCUT2D eigenvalue weighted by molar-refractivity contribution is 5.27. The summed E-state index contributed by atoms with van der Waals surface area (Å²) in [6.45, 7) is 6.35. The molecule has 1 aliphatic rings. The van der Waals surface area contributed by atoms with Crippen LogP contribution >= 0.6 is 0 Å². The fraction of sp³-hybridized carbons (Fsp3) is 0.500. The highest BCUT2D eigenvalue weighted by atomic mass is 16.3. The van der Waals surface area contributed by atoms with Gasteiger partial charge in [0.05, 0.1) is 0 Å². The van der Waals surface area contributed by atoms with Crippen molar-refractivity contribution in [3.8, 4) is 5.75 Å². The molecule has 0 aliphatic carbocycles. The molecular weight excluding hydrogens is 188 g/mol. The Morgan fingerprint density at radius 2 is 2.40 bits per heavy atom. The van der Waals surface area contributed by atoms with E-state index < -0.39 is 0 Å². The maximum absolute atomic E-state index is 9.38. The van der Waals surface area contributed by atoms with E-state index >= 15 is 0 Å². The molecule has 2 rings (SSSR count). The van der Waals surface area contributed by atoms with E-state index in [1.54, 1.807) is 6.07 Å². The summed E-state index contributed by atoms with van der Waals surface area (Å²) in [4.78, 5) is 2.44. The second-order valence-electron chi connectivity index (χ2n) is 4.19. The number of nitrogens with zero attached hydrogens (tertiary/aromatic N) is 1. The van der Waals surface area contributed by atoms with Gasteiger partial charge in [0.15, 0.2) is 0 Å². The smallest absolute Gasteiger partial charge is 0.115 e. The molecule has 1 unspecified atom stereocenters. The minimum absolute atomic E-state index is 0.357. The molecule has 15 heavy (non-hydrogen) atoms. The zero-order valence-electron chi connectivity index (χ0n) is 9.11. The van der Waals surface area contributed by atoms with Crippen molar-refractivity contribution in [1.29, 1.82) is 0 Å². The predicted molar refractivity (Wildman–Crippen MR) is 60.8 cm³/mol. The number of phenolic OH excluding ortho intramolecular Hbond substituents is 1. The summed E-state index contributed by atoms with van der Waals surface area (Å²) < 4.78 is 0. The van der Waals surface area contributed by atoms with Gasteiger partial charge in [-0.2, -0.15) is 0 Å². The van der Waals surface area contributed by atoms with Crippen molar-refractivity contribution in [2.45, 2.75) is 19.5 Å². The average molecular weight is 206 g/mol. The van der Waals surface area contributed by atoms with Crippen molar-refractivity contribution in [2.75, 3.05) is 19.6 Å². The van der Waals surface area contributed by atoms with Gasteiger partial charge in [0.2, 0.25) is 0 Å². The van der Waals surface area contributed by atoms with Crippen LogP contribution in [0.2, 0.25) is 0 Å². The average Bonchev–Trinajstić information content (AvgIpc) is 2.22. The van der Waals surface area contributed by atoms with E-state index in [1.165, 1.54) is 5.56 Å². The van der Waals surface area contributed by atoms with Crippen LogP contribution in [0, 0.1) is 0 Å². The Labute approximate surface area is 90.7 Å². The molecule has 1 aromatic carbocycles. The zero-order chi connectivity index (χ0) is 10.7. The number of phenols is 1. The van der Waals surface area contributed by atoms with E-state index in [4.69, 9.17) is 0 Å². The minimum atomic E-state index is 0.357. The van der Waals surface area contributed by atoms with Gasteiger partial charge >= 0.3 is 0 Å². The van der Waals surface area contributed by atoms with Crippen LogP contribution < -0.4 is 5.32 Å². The van der Waals surface area contributed by atoms with Crippen LogP contribution in [0.3, 0.4) is 0 Å². The third-order valence-corrected chi connectivity index (χ3v) is 2.94. The lowest BCUT2D eigenvalue weighted by Crippen LogP contribution is -2.49. The number of hydrogen-bond donors (Lipinski definition) is 2. The van der Waals surface area contributed by atoms with Crippen LogP contribution in [0.5, 0.6) is 5.75 Å². The molecule has 0 spiro atoms. The van der Waals surface area contributed by atoms with E-state index in [9.17, 15) is 5.11 Å². The molecule has 1 heterocycles. The second kappa shape index (κ2) is 4.64. The van der Waals surface area contributed by atoms with Crippen LogP contribution in [0.4, 0.5) is 0 Å². The van der Waals surface area contributed by atoms with Crippen molar-refractivity contribution in [3.05, 3.63) is 29.8 Å². The van der Waals surface area contributed by atoms with Crippen molar-refractivity contribution < 1.29 is 5.11 Å². The monoisotopic (exact) mass is 206 g/mol. The predicted octanol–water partition coefficient (Wildman–Crippen LogP) is 1.19. The third-order valence-electron chi connectivity index (χ3n) is 2.94. The van der Waals surface area contributed by atoms with E-state index in [0.717, 1.165) is 26.2 Å². The number of piperazine rings is 1. The van der Waals surface area contributed by atoms with Crippen LogP contribution in [0.15, 0.2) is 24.3 Å². The second-order valence-corrected chi connectivity index (χ2v) is 4.19. The molecule has 1 saturated heterocycles. The van der Waals surface area contributed by atoms with Gasteiger partial charge in [-0.15, -0.1) is 0 Å². The van der Waals surface area contributed by atoms with Crippen LogP contribution in [0.25, 0.3) is 0 Å². The molecule has 3 heteroatoms. The largest absolute Gasteiger partial charge is 0.508 e. The summed E-state index contributed by atoms with van der Waals surface area (Å²) in [6.07, 6.45) is 0. The molecule has 0 radical (unpaired) electrons. The van der Waals surface area contributed by atoms with Gasteiger partial charge in [0.1, 0.15) is 5.75 Å². The van der Waals surface area contributed by atoms with Crippen LogP contribution in [0.1, 0.15) is 12.5 Å². The van der Waals surface area contributed by atoms with Gasteiger partial charge in [-0.25, -0.2) is 0 Å². The SMILES string of the molecule is CC1CNCCN1Cc1cccc(O)c1. The van der Waals surface area contributed by atoms with Crippen molar-refractivity contribution in [1.82, 2.24) is 10.2 Å². The molecule has 1 fully saturated rings. The number of benzene rings is 1. The molecule has 0 amide bonds. The Kier molecular flexibility index (Phi) is 3.23. The van der Waals surface area contributed by atoms with Crippen LogP contribution in [-0.4, -0.2) is 35.7 Å². The summed E-state index contributed by atoms with van der Waals surface area (Å²) >= 11 is 0. The van der Waals surface area contributed by atoms with Gasteiger partial charge in [0, 0.05) is 32.2 Å². The zero-order valence-corrected chi connectivity index (χ0v) is 9.11. The summed E-state index contributed by atoms with van der Waals surface area (Å²) in [7, 11) is 0. The molecular formula is C12H18N2O. The standard InChI is InChI=1S/C12H18N2O/c1-10-8-13-5-6-14(10)9-11-3-2-4-12(15)7-11/h2-4,7,10,13,15H,5-6,8-9H2,1H3. The number of rotatable bonds is 2. The Balaban J connectivity index is 2.01. The lowest BCUT2D eigenvalue weighted by atomic mass is 10.1. The molecule has 1 atom stereocenters. The third kappa shape index (κ3) is 2.70. The fourth-order valence-electron chi connectivity index (χ4n) is 2.01.